The van der Waals surface area contributed by atoms with Crippen LogP contribution >= 0.6 is 0 Å². The Labute approximate surface area is 150 Å². The first-order valence-electron chi connectivity index (χ1n) is 9.89. The second kappa shape index (κ2) is 5.64. The van der Waals surface area contributed by atoms with E-state index in [0.29, 0.717) is 24.2 Å². The Hall–Kier alpha value is -1.22. The van der Waals surface area contributed by atoms with Gasteiger partial charge in [-0.2, -0.15) is 0 Å². The third-order valence-electron chi connectivity index (χ3n) is 8.18. The summed E-state index contributed by atoms with van der Waals surface area (Å²) in [4.78, 5) is 24.3. The third kappa shape index (κ3) is 2.27. The molecule has 0 aromatic rings. The summed E-state index contributed by atoms with van der Waals surface area (Å²) in [7, 11) is 0. The van der Waals surface area contributed by atoms with Crippen molar-refractivity contribution in [3.8, 4) is 0 Å². The van der Waals surface area contributed by atoms with E-state index >= 15 is 0 Å². The van der Waals surface area contributed by atoms with Crippen molar-refractivity contribution in [1.29, 1.82) is 0 Å². The summed E-state index contributed by atoms with van der Waals surface area (Å²) < 4.78 is 0. The second-order valence-corrected chi connectivity index (χ2v) is 9.40. The van der Waals surface area contributed by atoms with Crippen molar-refractivity contribution >= 4 is 11.6 Å². The lowest BCUT2D eigenvalue weighted by Gasteiger charge is -2.53. The number of ketones is 2. The molecule has 4 aliphatic rings. The van der Waals surface area contributed by atoms with Gasteiger partial charge in [0.25, 0.3) is 0 Å². The van der Waals surface area contributed by atoms with Crippen LogP contribution < -0.4 is 0 Å². The van der Waals surface area contributed by atoms with Crippen LogP contribution in [0.3, 0.4) is 0 Å². The molecule has 0 spiro atoms. The highest BCUT2D eigenvalue weighted by Gasteiger charge is 2.59. The number of allylic oxidation sites excluding steroid dienone is 4. The van der Waals surface area contributed by atoms with E-state index in [1.54, 1.807) is 5.57 Å². The van der Waals surface area contributed by atoms with Crippen molar-refractivity contribution in [2.24, 2.45) is 34.5 Å². The van der Waals surface area contributed by atoms with Gasteiger partial charge >= 0.3 is 0 Å². The van der Waals surface area contributed by atoms with Crippen LogP contribution in [0.4, 0.5) is 0 Å². The summed E-state index contributed by atoms with van der Waals surface area (Å²) in [5.41, 5.74) is 2.92. The van der Waals surface area contributed by atoms with Crippen LogP contribution in [-0.4, -0.2) is 23.3 Å². The van der Waals surface area contributed by atoms with Crippen LogP contribution in [0, 0.1) is 34.5 Å². The summed E-state index contributed by atoms with van der Waals surface area (Å²) in [6, 6.07) is 0. The molecule has 2 saturated carbocycles. The molecule has 0 radical (unpaired) electrons. The summed E-state index contributed by atoms with van der Waals surface area (Å²) in [5, 5.41) is 9.47. The maximum Gasteiger partial charge on any atom is 0.162 e. The van der Waals surface area contributed by atoms with E-state index in [2.05, 4.69) is 26.8 Å². The standard InChI is InChI=1S/C22H30O3/c1-13-10-18-16-5-4-14-11-15(24)6-8-21(14,2)17(16)7-9-22(18,3)20(13)19(25)12-23/h7,11,13,16,18,20,23H,4-6,8-10,12H2,1-3H3/t13?,16?,18?,20?,21-,22?/m0/s1. The number of aliphatic hydroxyl groups is 1. The van der Waals surface area contributed by atoms with Crippen LogP contribution in [0.15, 0.2) is 23.3 Å². The summed E-state index contributed by atoms with van der Waals surface area (Å²) in [6.07, 6.45) is 10.1. The molecule has 5 unspecified atom stereocenters. The molecule has 136 valence electrons. The van der Waals surface area contributed by atoms with E-state index in [1.807, 2.05) is 6.08 Å². The molecule has 2 fully saturated rings. The summed E-state index contributed by atoms with van der Waals surface area (Å²) in [5.74, 6) is 1.71. The first-order chi connectivity index (χ1) is 11.8. The van der Waals surface area contributed by atoms with Gasteiger partial charge in [-0.25, -0.2) is 0 Å². The van der Waals surface area contributed by atoms with Gasteiger partial charge in [0.1, 0.15) is 6.61 Å². The molecule has 0 heterocycles. The molecule has 0 aromatic carbocycles. The fourth-order valence-electron chi connectivity index (χ4n) is 7.01. The monoisotopic (exact) mass is 342 g/mol. The third-order valence-corrected chi connectivity index (χ3v) is 8.18. The van der Waals surface area contributed by atoms with Crippen molar-refractivity contribution in [2.75, 3.05) is 6.61 Å². The number of fused-ring (bicyclic) bond motifs is 5. The number of hydrogen-bond acceptors (Lipinski definition) is 3. The quantitative estimate of drug-likeness (QED) is 0.775. The topological polar surface area (TPSA) is 54.4 Å². The Morgan fingerprint density at radius 3 is 2.80 bits per heavy atom. The zero-order chi connectivity index (χ0) is 18.0. The Balaban J connectivity index is 1.74. The molecule has 4 aliphatic carbocycles. The molecule has 3 heteroatoms. The fraction of sp³-hybridized carbons (Fsp3) is 0.727. The Morgan fingerprint density at radius 2 is 2.08 bits per heavy atom. The second-order valence-electron chi connectivity index (χ2n) is 9.40. The molecule has 1 N–H and O–H groups in total. The van der Waals surface area contributed by atoms with Crippen LogP contribution in [0.2, 0.25) is 0 Å². The van der Waals surface area contributed by atoms with E-state index < -0.39 is 0 Å². The van der Waals surface area contributed by atoms with Gasteiger partial charge in [0.15, 0.2) is 11.6 Å². The highest BCUT2D eigenvalue weighted by molar-refractivity contribution is 5.92. The SMILES string of the molecule is CC1CC2C3CCC4=CC(=O)CC[C@]4(C)C3=CCC2(C)C1C(=O)CO. The lowest BCUT2D eigenvalue weighted by atomic mass is 9.51. The lowest BCUT2D eigenvalue weighted by molar-refractivity contribution is -0.131. The van der Waals surface area contributed by atoms with E-state index in [1.165, 1.54) is 5.57 Å². The van der Waals surface area contributed by atoms with Crippen molar-refractivity contribution < 1.29 is 14.7 Å². The van der Waals surface area contributed by atoms with Gasteiger partial charge in [-0.1, -0.05) is 38.0 Å². The maximum absolute atomic E-state index is 12.5. The molecular formula is C22H30O3. The van der Waals surface area contributed by atoms with E-state index in [0.717, 1.165) is 32.1 Å². The molecule has 25 heavy (non-hydrogen) atoms. The predicted octanol–water partition coefficient (Wildman–Crippen LogP) is 3.86. The van der Waals surface area contributed by atoms with Gasteiger partial charge in [0, 0.05) is 17.8 Å². The van der Waals surface area contributed by atoms with Gasteiger partial charge in [-0.05, 0) is 61.3 Å². The highest BCUT2D eigenvalue weighted by Crippen LogP contribution is 2.65. The van der Waals surface area contributed by atoms with Gasteiger partial charge in [0.2, 0.25) is 0 Å². The minimum absolute atomic E-state index is 0.0158. The van der Waals surface area contributed by atoms with Gasteiger partial charge in [-0.15, -0.1) is 0 Å². The van der Waals surface area contributed by atoms with Crippen molar-refractivity contribution in [2.45, 2.75) is 59.3 Å². The lowest BCUT2D eigenvalue weighted by Crippen LogP contribution is -2.46. The Morgan fingerprint density at radius 1 is 1.32 bits per heavy atom. The molecule has 0 bridgehead atoms. The molecule has 0 aliphatic heterocycles. The molecule has 0 amide bonds. The number of carbonyl (C=O) groups excluding carboxylic acids is 2. The molecule has 0 saturated heterocycles. The largest absolute Gasteiger partial charge is 0.389 e. The Bertz CT molecular complexity index is 687. The molecular weight excluding hydrogens is 312 g/mol. The fourth-order valence-corrected chi connectivity index (χ4v) is 7.01. The smallest absolute Gasteiger partial charge is 0.162 e. The zero-order valence-electron chi connectivity index (χ0n) is 15.7. The predicted molar refractivity (Wildman–Crippen MR) is 96.8 cm³/mol. The first kappa shape index (κ1) is 17.2. The first-order valence-corrected chi connectivity index (χ1v) is 9.89. The average molecular weight is 342 g/mol. The van der Waals surface area contributed by atoms with Crippen LogP contribution in [0.5, 0.6) is 0 Å². The number of aliphatic hydroxyl groups excluding tert-OH is 1. The molecule has 0 aromatic heterocycles. The van der Waals surface area contributed by atoms with Crippen LogP contribution in [-0.2, 0) is 9.59 Å². The molecule has 6 atom stereocenters. The zero-order valence-corrected chi connectivity index (χ0v) is 15.7. The van der Waals surface area contributed by atoms with E-state index in [4.69, 9.17) is 0 Å². The van der Waals surface area contributed by atoms with Gasteiger partial charge in [0.05, 0.1) is 0 Å². The number of carbonyl (C=O) groups is 2. The minimum atomic E-state index is -0.328. The van der Waals surface area contributed by atoms with E-state index in [9.17, 15) is 14.7 Å². The molecule has 4 rings (SSSR count). The number of hydrogen-bond donors (Lipinski definition) is 1. The number of rotatable bonds is 2. The van der Waals surface area contributed by atoms with Crippen LogP contribution in [0.1, 0.15) is 59.3 Å². The van der Waals surface area contributed by atoms with Crippen molar-refractivity contribution in [3.05, 3.63) is 23.3 Å². The minimum Gasteiger partial charge on any atom is -0.389 e. The highest BCUT2D eigenvalue weighted by atomic mass is 16.3. The van der Waals surface area contributed by atoms with Crippen LogP contribution in [0.25, 0.3) is 0 Å². The van der Waals surface area contributed by atoms with Crippen molar-refractivity contribution in [3.63, 3.8) is 0 Å². The molecule has 3 nitrogen and oxygen atoms in total. The van der Waals surface area contributed by atoms with Crippen molar-refractivity contribution in [1.82, 2.24) is 0 Å². The Kier molecular flexibility index (Phi) is 3.88. The normalized spacial score (nSPS) is 45.8. The summed E-state index contributed by atoms with van der Waals surface area (Å²) in [6.45, 7) is 6.48. The van der Waals surface area contributed by atoms with E-state index in [-0.39, 0.29) is 34.9 Å². The van der Waals surface area contributed by atoms with Gasteiger partial charge < -0.3 is 5.11 Å². The maximum atomic E-state index is 12.5. The average Bonchev–Trinajstić information content (AvgIpc) is 2.85. The van der Waals surface area contributed by atoms with Gasteiger partial charge in [-0.3, -0.25) is 9.59 Å². The summed E-state index contributed by atoms with van der Waals surface area (Å²) >= 11 is 0. The number of Topliss-reactive ketones (excluding diaryl/α,β-unsaturated/α-hetero) is 1.